The number of nitrogens with zero attached hydrogens (tertiary/aromatic N) is 2. The van der Waals surface area contributed by atoms with Crippen molar-refractivity contribution < 1.29 is 43.6 Å². The molecule has 0 radical (unpaired) electrons. The summed E-state index contributed by atoms with van der Waals surface area (Å²) in [6, 6.07) is 8.93. The van der Waals surface area contributed by atoms with E-state index in [1.165, 1.54) is 0 Å². The lowest BCUT2D eigenvalue weighted by molar-refractivity contribution is 0.306. The SMILES string of the molecule is CNc1ccc(C)c2cc(S(=O)(=O)O)c(N=Nc3ccc(S(=O)(=O)COS(=O)(=O)O)cc3)c(O)c12. The Kier molecular flexibility index (Phi) is 7.16. The summed E-state index contributed by atoms with van der Waals surface area (Å²) in [5.74, 6) is -1.89. The molecule has 3 aromatic carbocycles. The number of nitrogens with one attached hydrogen (secondary N) is 1. The maximum absolute atomic E-state index is 12.1. The van der Waals surface area contributed by atoms with Gasteiger partial charge >= 0.3 is 10.4 Å². The van der Waals surface area contributed by atoms with Gasteiger partial charge < -0.3 is 10.4 Å². The number of anilines is 1. The number of fused-ring (bicyclic) bond motifs is 1. The summed E-state index contributed by atoms with van der Waals surface area (Å²) in [7, 11) is -12.4. The minimum atomic E-state index is -4.97. The highest BCUT2D eigenvalue weighted by Crippen LogP contribution is 2.45. The summed E-state index contributed by atoms with van der Waals surface area (Å²) >= 11 is 0. The Morgan fingerprint density at radius 3 is 2.11 bits per heavy atom. The number of hydrogen-bond donors (Lipinski definition) is 4. The van der Waals surface area contributed by atoms with Crippen LogP contribution in [0, 0.1) is 6.92 Å². The molecule has 0 aromatic heterocycles. The van der Waals surface area contributed by atoms with Gasteiger partial charge in [-0.15, -0.1) is 5.11 Å². The number of hydrogen-bond acceptors (Lipinski definition) is 11. The van der Waals surface area contributed by atoms with Gasteiger partial charge in [0.15, 0.2) is 11.7 Å². The van der Waals surface area contributed by atoms with Gasteiger partial charge in [-0.25, -0.2) is 12.6 Å². The molecule has 0 saturated heterocycles. The van der Waals surface area contributed by atoms with E-state index in [1.54, 1.807) is 26.1 Å². The number of azo groups is 1. The van der Waals surface area contributed by atoms with E-state index in [0.717, 1.165) is 30.3 Å². The van der Waals surface area contributed by atoms with Gasteiger partial charge in [-0.3, -0.25) is 9.11 Å². The van der Waals surface area contributed by atoms with Gasteiger partial charge in [0.25, 0.3) is 10.1 Å². The maximum atomic E-state index is 12.1. The van der Waals surface area contributed by atoms with E-state index in [0.29, 0.717) is 16.6 Å². The minimum absolute atomic E-state index is 0.0264. The topological polar surface area (TPSA) is 209 Å². The zero-order valence-electron chi connectivity index (χ0n) is 18.1. The fourth-order valence-electron chi connectivity index (χ4n) is 3.12. The van der Waals surface area contributed by atoms with Crippen molar-refractivity contribution in [3.63, 3.8) is 0 Å². The first-order chi connectivity index (χ1) is 16.1. The average Bonchev–Trinajstić information content (AvgIpc) is 2.76. The van der Waals surface area contributed by atoms with Crippen molar-refractivity contribution >= 4 is 58.2 Å². The van der Waals surface area contributed by atoms with E-state index in [-0.39, 0.29) is 16.0 Å². The van der Waals surface area contributed by atoms with Crippen LogP contribution in [-0.4, -0.2) is 52.5 Å². The van der Waals surface area contributed by atoms with Gasteiger partial charge in [-0.1, -0.05) is 6.07 Å². The average molecular weight is 546 g/mol. The molecule has 0 saturated carbocycles. The van der Waals surface area contributed by atoms with E-state index in [9.17, 15) is 34.9 Å². The summed E-state index contributed by atoms with van der Waals surface area (Å²) in [4.78, 5) is -1.05. The van der Waals surface area contributed by atoms with Crippen LogP contribution in [0.4, 0.5) is 17.1 Å². The van der Waals surface area contributed by atoms with Crippen LogP contribution in [0.2, 0.25) is 0 Å². The van der Waals surface area contributed by atoms with E-state index in [4.69, 9.17) is 4.55 Å². The minimum Gasteiger partial charge on any atom is -0.505 e. The third-order valence-electron chi connectivity index (χ3n) is 4.79. The lowest BCUT2D eigenvalue weighted by Gasteiger charge is -2.14. The molecule has 0 unspecified atom stereocenters. The van der Waals surface area contributed by atoms with Crippen LogP contribution < -0.4 is 5.32 Å². The number of phenols is 1. The predicted octanol–water partition coefficient (Wildman–Crippen LogP) is 3.11. The highest BCUT2D eigenvalue weighted by molar-refractivity contribution is 7.92. The summed E-state index contributed by atoms with van der Waals surface area (Å²) < 4.78 is 91.5. The van der Waals surface area contributed by atoms with Crippen LogP contribution in [0.25, 0.3) is 10.8 Å². The zero-order valence-corrected chi connectivity index (χ0v) is 20.5. The molecule has 0 amide bonds. The van der Waals surface area contributed by atoms with Crippen molar-refractivity contribution in [2.45, 2.75) is 16.7 Å². The van der Waals surface area contributed by atoms with Gasteiger partial charge in [0, 0.05) is 18.1 Å². The molecule has 0 bridgehead atoms. The molecule has 3 aromatic rings. The second-order valence-corrected chi connectivity index (χ2v) is 11.5. The lowest BCUT2D eigenvalue weighted by atomic mass is 10.0. The zero-order chi connectivity index (χ0) is 26.2. The van der Waals surface area contributed by atoms with E-state index >= 15 is 0 Å². The van der Waals surface area contributed by atoms with Crippen LogP contribution in [0.15, 0.2) is 62.5 Å². The van der Waals surface area contributed by atoms with Crippen LogP contribution in [-0.2, 0) is 34.5 Å². The Hall–Kier alpha value is -3.15. The molecular formula is C19H19N3O10S3. The Morgan fingerprint density at radius 2 is 1.57 bits per heavy atom. The molecule has 13 nitrogen and oxygen atoms in total. The standard InChI is InChI=1S/C19H19N3O10S3/c1-11-3-8-15(20-2)17-14(11)9-16(34(26,27)28)18(19(17)23)22-21-12-4-6-13(7-5-12)33(24,25)10-32-35(29,30)31/h3-9,20,23H,10H2,1-2H3,(H,26,27,28)(H,29,30,31). The van der Waals surface area contributed by atoms with Gasteiger partial charge in [0.05, 0.1) is 10.6 Å². The molecule has 4 N–H and O–H groups in total. The summed E-state index contributed by atoms with van der Waals surface area (Å²) in [5.41, 5.74) is 0.569. The molecule has 0 aliphatic carbocycles. The predicted molar refractivity (Wildman–Crippen MR) is 125 cm³/mol. The van der Waals surface area contributed by atoms with Gasteiger partial charge in [-0.05, 0) is 54.3 Å². The summed E-state index contributed by atoms with van der Waals surface area (Å²) in [5, 5.41) is 21.9. The summed E-state index contributed by atoms with van der Waals surface area (Å²) in [6.07, 6.45) is 0. The van der Waals surface area contributed by atoms with E-state index in [2.05, 4.69) is 19.7 Å². The molecule has 16 heteroatoms. The van der Waals surface area contributed by atoms with Crippen molar-refractivity contribution in [3.8, 4) is 5.75 Å². The number of phenolic OH excluding ortho intramolecular Hbond substituents is 1. The van der Waals surface area contributed by atoms with Gasteiger partial charge in [0.2, 0.25) is 9.84 Å². The lowest BCUT2D eigenvalue weighted by Crippen LogP contribution is -2.14. The Balaban J connectivity index is 2.07. The fraction of sp³-hybridized carbons (Fsp3) is 0.158. The Labute approximate surface area is 200 Å². The molecule has 0 atom stereocenters. The number of rotatable bonds is 8. The van der Waals surface area contributed by atoms with Crippen LogP contribution in [0.5, 0.6) is 5.75 Å². The van der Waals surface area contributed by atoms with Crippen molar-refractivity contribution in [1.29, 1.82) is 0 Å². The molecule has 3 rings (SSSR count). The molecule has 35 heavy (non-hydrogen) atoms. The molecule has 188 valence electrons. The van der Waals surface area contributed by atoms with Crippen molar-refractivity contribution in [2.24, 2.45) is 10.2 Å². The fourth-order valence-corrected chi connectivity index (χ4v) is 5.45. The highest BCUT2D eigenvalue weighted by Gasteiger charge is 2.24. The molecule has 0 fully saturated rings. The molecular weight excluding hydrogens is 526 g/mol. The number of benzene rings is 3. The highest BCUT2D eigenvalue weighted by atomic mass is 32.3. The van der Waals surface area contributed by atoms with Gasteiger partial charge in [-0.2, -0.15) is 21.9 Å². The smallest absolute Gasteiger partial charge is 0.398 e. The molecule has 0 aliphatic heterocycles. The quantitative estimate of drug-likeness (QED) is 0.239. The second kappa shape index (κ2) is 9.48. The monoisotopic (exact) mass is 545 g/mol. The second-order valence-electron chi connectivity index (χ2n) is 7.12. The first-order valence-electron chi connectivity index (χ1n) is 9.45. The van der Waals surface area contributed by atoms with E-state index < -0.39 is 52.6 Å². The number of aryl methyl sites for hydroxylation is 1. The first-order valence-corrected chi connectivity index (χ1v) is 13.9. The van der Waals surface area contributed by atoms with E-state index in [1.807, 2.05) is 0 Å². The van der Waals surface area contributed by atoms with Crippen LogP contribution in [0.3, 0.4) is 0 Å². The van der Waals surface area contributed by atoms with Crippen LogP contribution >= 0.6 is 0 Å². The number of sulfone groups is 1. The normalized spacial score (nSPS) is 12.9. The van der Waals surface area contributed by atoms with Gasteiger partial charge in [0.1, 0.15) is 10.6 Å². The molecule has 0 aliphatic rings. The first kappa shape index (κ1) is 26.5. The molecule has 0 heterocycles. The number of aromatic hydroxyl groups is 1. The van der Waals surface area contributed by atoms with Crippen molar-refractivity contribution in [3.05, 3.63) is 48.0 Å². The maximum Gasteiger partial charge on any atom is 0.398 e. The van der Waals surface area contributed by atoms with Crippen molar-refractivity contribution in [2.75, 3.05) is 18.3 Å². The Bertz CT molecular complexity index is 1650. The third kappa shape index (κ3) is 5.92. The Morgan fingerprint density at radius 1 is 0.943 bits per heavy atom. The van der Waals surface area contributed by atoms with Crippen LogP contribution in [0.1, 0.15) is 5.56 Å². The largest absolute Gasteiger partial charge is 0.505 e. The summed E-state index contributed by atoms with van der Waals surface area (Å²) in [6.45, 7) is 1.69. The molecule has 0 spiro atoms. The third-order valence-corrected chi connectivity index (χ3v) is 7.64. The van der Waals surface area contributed by atoms with Crippen molar-refractivity contribution in [1.82, 2.24) is 0 Å².